The van der Waals surface area contributed by atoms with Gasteiger partial charge in [-0.15, -0.1) is 0 Å². The fraction of sp³-hybridized carbons (Fsp3) is 0.200. The number of nitrogens with one attached hydrogen (secondary N) is 1. The average Bonchev–Trinajstić information content (AvgIpc) is 3.16. The third-order valence-electron chi connectivity index (χ3n) is 5.05. The number of halogens is 2. The van der Waals surface area contributed by atoms with Crippen LogP contribution in [0.25, 0.3) is 0 Å². The lowest BCUT2D eigenvalue weighted by Gasteiger charge is -2.17. The summed E-state index contributed by atoms with van der Waals surface area (Å²) in [6, 6.07) is 7.23. The van der Waals surface area contributed by atoms with Gasteiger partial charge in [0.2, 0.25) is 11.8 Å². The Kier molecular flexibility index (Phi) is 4.37. The standard InChI is InChI=1S/C20H15F2N3O4/c1-24-19(28)13-4-3-12(8-14(13)20(24)29)23-18(27)10-6-17(26)25(9-10)16-5-2-11(21)7-15(16)22/h2-5,7-8,10H,6,9H2,1H3,(H,23,27). The van der Waals surface area contributed by atoms with Crippen LogP contribution in [0.5, 0.6) is 0 Å². The molecule has 2 aliphatic rings. The lowest BCUT2D eigenvalue weighted by Crippen LogP contribution is -2.28. The maximum absolute atomic E-state index is 14.0. The summed E-state index contributed by atoms with van der Waals surface area (Å²) < 4.78 is 27.1. The predicted molar refractivity (Wildman–Crippen MR) is 98.3 cm³/mol. The first-order valence-corrected chi connectivity index (χ1v) is 8.79. The Balaban J connectivity index is 1.50. The molecule has 29 heavy (non-hydrogen) atoms. The highest BCUT2D eigenvalue weighted by Gasteiger charge is 2.37. The topological polar surface area (TPSA) is 86.8 Å². The summed E-state index contributed by atoms with van der Waals surface area (Å²) in [6.07, 6.45) is -0.131. The second-order valence-electron chi connectivity index (χ2n) is 6.92. The van der Waals surface area contributed by atoms with Gasteiger partial charge in [0.05, 0.1) is 22.7 Å². The Labute approximate surface area is 163 Å². The second-order valence-corrected chi connectivity index (χ2v) is 6.92. The number of fused-ring (bicyclic) bond motifs is 1. The molecule has 1 unspecified atom stereocenters. The van der Waals surface area contributed by atoms with Gasteiger partial charge < -0.3 is 10.2 Å². The van der Waals surface area contributed by atoms with Crippen molar-refractivity contribution in [3.8, 4) is 0 Å². The maximum atomic E-state index is 14.0. The van der Waals surface area contributed by atoms with Crippen LogP contribution in [0.1, 0.15) is 27.1 Å². The lowest BCUT2D eigenvalue weighted by molar-refractivity contribution is -0.122. The highest BCUT2D eigenvalue weighted by atomic mass is 19.1. The molecule has 0 aromatic heterocycles. The normalized spacial score (nSPS) is 18.4. The van der Waals surface area contributed by atoms with Crippen LogP contribution in [0.4, 0.5) is 20.2 Å². The van der Waals surface area contributed by atoms with E-state index in [1.807, 2.05) is 0 Å². The number of hydrogen-bond donors (Lipinski definition) is 1. The number of carbonyl (C=O) groups is 4. The van der Waals surface area contributed by atoms with E-state index in [-0.39, 0.29) is 29.8 Å². The van der Waals surface area contributed by atoms with Gasteiger partial charge in [-0.05, 0) is 30.3 Å². The van der Waals surface area contributed by atoms with Gasteiger partial charge in [0.15, 0.2) is 0 Å². The second kappa shape index (κ2) is 6.77. The van der Waals surface area contributed by atoms with Crippen molar-refractivity contribution in [1.82, 2.24) is 4.90 Å². The smallest absolute Gasteiger partial charge is 0.261 e. The highest BCUT2D eigenvalue weighted by Crippen LogP contribution is 2.29. The number of nitrogens with zero attached hydrogens (tertiary/aromatic N) is 2. The summed E-state index contributed by atoms with van der Waals surface area (Å²) in [7, 11) is 1.37. The first-order chi connectivity index (χ1) is 13.8. The zero-order valence-corrected chi connectivity index (χ0v) is 15.2. The van der Waals surface area contributed by atoms with Gasteiger partial charge in [0.1, 0.15) is 11.6 Å². The Morgan fingerprint density at radius 2 is 1.76 bits per heavy atom. The van der Waals surface area contributed by atoms with Crippen molar-refractivity contribution in [1.29, 1.82) is 0 Å². The molecule has 1 N–H and O–H groups in total. The van der Waals surface area contributed by atoms with Crippen LogP contribution < -0.4 is 10.2 Å². The number of imide groups is 1. The number of carbonyl (C=O) groups excluding carboxylic acids is 4. The molecular formula is C20H15F2N3O4. The number of rotatable bonds is 3. The Morgan fingerprint density at radius 1 is 1.03 bits per heavy atom. The van der Waals surface area contributed by atoms with E-state index in [1.54, 1.807) is 0 Å². The molecule has 0 aliphatic carbocycles. The Hall–Kier alpha value is -3.62. The molecule has 0 bridgehead atoms. The number of benzene rings is 2. The Bertz CT molecular complexity index is 1090. The van der Waals surface area contributed by atoms with Gasteiger partial charge in [-0.25, -0.2) is 8.78 Å². The molecule has 4 amide bonds. The van der Waals surface area contributed by atoms with E-state index in [0.29, 0.717) is 11.8 Å². The summed E-state index contributed by atoms with van der Waals surface area (Å²) in [5, 5.41) is 2.63. The van der Waals surface area contributed by atoms with Gasteiger partial charge in [0.25, 0.3) is 11.8 Å². The molecule has 2 aromatic rings. The van der Waals surface area contributed by atoms with Crippen LogP contribution in [-0.4, -0.2) is 42.1 Å². The van der Waals surface area contributed by atoms with Crippen molar-refractivity contribution >= 4 is 35.0 Å². The molecule has 2 aromatic carbocycles. The molecule has 0 radical (unpaired) electrons. The molecule has 1 saturated heterocycles. The molecule has 2 heterocycles. The quantitative estimate of drug-likeness (QED) is 0.802. The molecule has 1 fully saturated rings. The van der Waals surface area contributed by atoms with E-state index in [4.69, 9.17) is 0 Å². The van der Waals surface area contributed by atoms with Crippen molar-refractivity contribution in [3.05, 3.63) is 59.2 Å². The summed E-state index contributed by atoms with van der Waals surface area (Å²) in [4.78, 5) is 50.9. The van der Waals surface area contributed by atoms with Crippen LogP contribution in [0.2, 0.25) is 0 Å². The van der Waals surface area contributed by atoms with Gasteiger partial charge >= 0.3 is 0 Å². The zero-order valence-electron chi connectivity index (χ0n) is 15.2. The molecule has 0 saturated carbocycles. The highest BCUT2D eigenvalue weighted by molar-refractivity contribution is 6.21. The van der Waals surface area contributed by atoms with Crippen molar-refractivity contribution in [2.45, 2.75) is 6.42 Å². The van der Waals surface area contributed by atoms with Crippen LogP contribution >= 0.6 is 0 Å². The minimum absolute atomic E-state index is 0.0572. The largest absolute Gasteiger partial charge is 0.326 e. The van der Waals surface area contributed by atoms with Gasteiger partial charge in [-0.1, -0.05) is 0 Å². The minimum Gasteiger partial charge on any atom is -0.326 e. The summed E-state index contributed by atoms with van der Waals surface area (Å²) in [5.74, 6) is -4.20. The minimum atomic E-state index is -0.884. The first-order valence-electron chi connectivity index (χ1n) is 8.79. The SMILES string of the molecule is CN1C(=O)c2ccc(NC(=O)C3CC(=O)N(c4ccc(F)cc4F)C3)cc2C1=O. The predicted octanol–water partition coefficient (Wildman–Crippen LogP) is 2.18. The molecule has 4 rings (SSSR count). The van der Waals surface area contributed by atoms with Crippen molar-refractivity contribution < 1.29 is 28.0 Å². The number of anilines is 2. The van der Waals surface area contributed by atoms with Crippen molar-refractivity contribution in [2.24, 2.45) is 5.92 Å². The van der Waals surface area contributed by atoms with E-state index < -0.39 is 41.2 Å². The van der Waals surface area contributed by atoms with Gasteiger partial charge in [0, 0.05) is 31.8 Å². The fourth-order valence-electron chi connectivity index (χ4n) is 3.50. The third kappa shape index (κ3) is 3.14. The summed E-state index contributed by atoms with van der Waals surface area (Å²) in [6.45, 7) is -0.0572. The van der Waals surface area contributed by atoms with Crippen LogP contribution in [-0.2, 0) is 9.59 Å². The number of amides is 4. The summed E-state index contributed by atoms with van der Waals surface area (Å²) >= 11 is 0. The van der Waals surface area contributed by atoms with Crippen LogP contribution in [0.3, 0.4) is 0 Å². The van der Waals surface area contributed by atoms with E-state index in [1.165, 1.54) is 25.2 Å². The van der Waals surface area contributed by atoms with Gasteiger partial charge in [-0.3, -0.25) is 24.1 Å². The van der Waals surface area contributed by atoms with Crippen LogP contribution in [0.15, 0.2) is 36.4 Å². The van der Waals surface area contributed by atoms with E-state index in [2.05, 4.69) is 5.32 Å². The maximum Gasteiger partial charge on any atom is 0.261 e. The molecule has 7 nitrogen and oxygen atoms in total. The number of hydrogen-bond acceptors (Lipinski definition) is 4. The lowest BCUT2D eigenvalue weighted by atomic mass is 10.1. The van der Waals surface area contributed by atoms with E-state index >= 15 is 0 Å². The monoisotopic (exact) mass is 399 g/mol. The molecule has 9 heteroatoms. The van der Waals surface area contributed by atoms with Crippen molar-refractivity contribution in [2.75, 3.05) is 23.8 Å². The van der Waals surface area contributed by atoms with E-state index in [0.717, 1.165) is 21.9 Å². The Morgan fingerprint density at radius 3 is 2.48 bits per heavy atom. The fourth-order valence-corrected chi connectivity index (χ4v) is 3.50. The molecule has 0 spiro atoms. The van der Waals surface area contributed by atoms with Gasteiger partial charge in [-0.2, -0.15) is 0 Å². The third-order valence-corrected chi connectivity index (χ3v) is 5.05. The molecular weight excluding hydrogens is 384 g/mol. The van der Waals surface area contributed by atoms with Crippen molar-refractivity contribution in [3.63, 3.8) is 0 Å². The average molecular weight is 399 g/mol. The van der Waals surface area contributed by atoms with Crippen LogP contribution in [0, 0.1) is 17.6 Å². The summed E-state index contributed by atoms with van der Waals surface area (Å²) in [5.41, 5.74) is 0.665. The zero-order chi connectivity index (χ0) is 20.9. The molecule has 148 valence electrons. The first kappa shape index (κ1) is 18.7. The van der Waals surface area contributed by atoms with E-state index in [9.17, 15) is 28.0 Å². The molecule has 2 aliphatic heterocycles. The molecule has 1 atom stereocenters.